The highest BCUT2D eigenvalue weighted by Gasteiger charge is 2.09. The molecule has 5 heteroatoms. The summed E-state index contributed by atoms with van der Waals surface area (Å²) in [6, 6.07) is 14.1. The van der Waals surface area contributed by atoms with Gasteiger partial charge in [0.05, 0.1) is 17.6 Å². The molecular weight excluding hydrogens is 374 g/mol. The van der Waals surface area contributed by atoms with Gasteiger partial charge in [-0.3, -0.25) is 4.79 Å². The van der Waals surface area contributed by atoms with Gasteiger partial charge in [-0.2, -0.15) is 0 Å². The molecule has 0 saturated heterocycles. The maximum atomic E-state index is 12.0. The van der Waals surface area contributed by atoms with E-state index in [-0.39, 0.29) is 12.5 Å². The largest absolute Gasteiger partial charge is 0.483 e. The first-order chi connectivity index (χ1) is 14.6. The lowest BCUT2D eigenvalue weighted by atomic mass is 10.1. The van der Waals surface area contributed by atoms with Crippen molar-refractivity contribution in [2.24, 2.45) is 0 Å². The van der Waals surface area contributed by atoms with Crippen LogP contribution in [0.1, 0.15) is 36.2 Å². The zero-order chi connectivity index (χ0) is 21.3. The van der Waals surface area contributed by atoms with E-state index in [1.54, 1.807) is 0 Å². The van der Waals surface area contributed by atoms with Crippen molar-refractivity contribution < 1.29 is 9.53 Å². The van der Waals surface area contributed by atoms with E-state index in [9.17, 15) is 4.79 Å². The highest BCUT2D eigenvalue weighted by Crippen LogP contribution is 2.19. The van der Waals surface area contributed by atoms with E-state index in [1.807, 2.05) is 50.2 Å². The van der Waals surface area contributed by atoms with Crippen molar-refractivity contribution >= 4 is 16.9 Å². The lowest BCUT2D eigenvalue weighted by Gasteiger charge is -2.10. The van der Waals surface area contributed by atoms with E-state index >= 15 is 0 Å². The van der Waals surface area contributed by atoms with E-state index in [4.69, 9.17) is 16.1 Å². The summed E-state index contributed by atoms with van der Waals surface area (Å²) in [4.78, 5) is 16.7. The van der Waals surface area contributed by atoms with Crippen molar-refractivity contribution in [1.29, 1.82) is 0 Å². The third kappa shape index (κ3) is 5.64. The quantitative estimate of drug-likeness (QED) is 0.408. The van der Waals surface area contributed by atoms with E-state index in [2.05, 4.69) is 21.9 Å². The van der Waals surface area contributed by atoms with Crippen molar-refractivity contribution in [3.05, 3.63) is 59.4 Å². The second-order valence-electron chi connectivity index (χ2n) is 7.53. The van der Waals surface area contributed by atoms with Crippen LogP contribution in [0.15, 0.2) is 42.5 Å². The third-order valence-corrected chi connectivity index (χ3v) is 5.08. The number of amides is 1. The Morgan fingerprint density at radius 3 is 2.83 bits per heavy atom. The fourth-order valence-corrected chi connectivity index (χ4v) is 3.45. The number of benzene rings is 2. The molecule has 0 fully saturated rings. The van der Waals surface area contributed by atoms with Gasteiger partial charge < -0.3 is 14.6 Å². The predicted molar refractivity (Wildman–Crippen MR) is 121 cm³/mol. The number of nitrogens with one attached hydrogen (secondary N) is 1. The van der Waals surface area contributed by atoms with Crippen LogP contribution < -0.4 is 10.1 Å². The number of unbranched alkanes of at least 4 members (excludes halogenated alkanes) is 2. The molecule has 0 aliphatic heterocycles. The third-order valence-electron chi connectivity index (χ3n) is 5.08. The summed E-state index contributed by atoms with van der Waals surface area (Å²) < 4.78 is 7.75. The molecule has 5 nitrogen and oxygen atoms in total. The molecule has 0 unspecified atom stereocenters. The van der Waals surface area contributed by atoms with Crippen LogP contribution in [0, 0.1) is 26.2 Å². The van der Waals surface area contributed by atoms with Crippen LogP contribution in [-0.4, -0.2) is 28.6 Å². The highest BCUT2D eigenvalue weighted by molar-refractivity contribution is 5.77. The first-order valence-corrected chi connectivity index (χ1v) is 10.4. The van der Waals surface area contributed by atoms with Gasteiger partial charge in [0.25, 0.3) is 5.91 Å². The van der Waals surface area contributed by atoms with Crippen LogP contribution in [-0.2, 0) is 17.8 Å². The second kappa shape index (κ2) is 10.5. The smallest absolute Gasteiger partial charge is 0.257 e. The number of ether oxygens (including phenoxy) is 1. The van der Waals surface area contributed by atoms with Crippen LogP contribution in [0.5, 0.6) is 5.75 Å². The molecule has 0 aliphatic rings. The molecule has 1 heterocycles. The molecule has 0 atom stereocenters. The summed E-state index contributed by atoms with van der Waals surface area (Å²) in [7, 11) is 0. The number of hydrogen-bond acceptors (Lipinski definition) is 3. The Kier molecular flexibility index (Phi) is 7.51. The SMILES string of the molecule is C#CCn1c(CCCCCNC(=O)COc2cc(C)ccc2C)nc2ccccc21. The normalized spacial score (nSPS) is 10.7. The molecule has 3 rings (SSSR count). The summed E-state index contributed by atoms with van der Waals surface area (Å²) in [5, 5.41) is 2.93. The predicted octanol–water partition coefficient (Wildman–Crippen LogP) is 4.19. The molecule has 0 bridgehead atoms. The maximum absolute atomic E-state index is 12.0. The Bertz CT molecular complexity index is 1050. The minimum Gasteiger partial charge on any atom is -0.483 e. The van der Waals surface area contributed by atoms with Gasteiger partial charge in [-0.15, -0.1) is 6.42 Å². The first kappa shape index (κ1) is 21.4. The molecule has 0 aliphatic carbocycles. The number of imidazole rings is 1. The van der Waals surface area contributed by atoms with Gasteiger partial charge in [0, 0.05) is 13.0 Å². The summed E-state index contributed by atoms with van der Waals surface area (Å²) in [6.45, 7) is 5.21. The zero-order valence-electron chi connectivity index (χ0n) is 17.8. The molecule has 156 valence electrons. The molecule has 1 N–H and O–H groups in total. The first-order valence-electron chi connectivity index (χ1n) is 10.4. The van der Waals surface area contributed by atoms with Crippen molar-refractivity contribution in [3.8, 4) is 18.1 Å². The molecule has 30 heavy (non-hydrogen) atoms. The number of carbonyl (C=O) groups excluding carboxylic acids is 1. The van der Waals surface area contributed by atoms with E-state index in [0.717, 1.165) is 59.4 Å². The fraction of sp³-hybridized carbons (Fsp3) is 0.360. The van der Waals surface area contributed by atoms with E-state index < -0.39 is 0 Å². The van der Waals surface area contributed by atoms with Gasteiger partial charge in [0.15, 0.2) is 6.61 Å². The van der Waals surface area contributed by atoms with Crippen LogP contribution >= 0.6 is 0 Å². The molecule has 3 aromatic rings. The van der Waals surface area contributed by atoms with Crippen molar-refractivity contribution in [3.63, 3.8) is 0 Å². The number of aromatic nitrogens is 2. The van der Waals surface area contributed by atoms with Crippen LogP contribution in [0.2, 0.25) is 0 Å². The van der Waals surface area contributed by atoms with Gasteiger partial charge in [0.1, 0.15) is 11.6 Å². The molecule has 1 aromatic heterocycles. The minimum absolute atomic E-state index is 0.0421. The number of terminal acetylenes is 1. The Labute approximate surface area is 178 Å². The lowest BCUT2D eigenvalue weighted by Crippen LogP contribution is -2.29. The number of hydrogen-bond donors (Lipinski definition) is 1. The maximum Gasteiger partial charge on any atom is 0.257 e. The van der Waals surface area contributed by atoms with Gasteiger partial charge in [0.2, 0.25) is 0 Å². The molecule has 1 amide bonds. The number of aryl methyl sites for hydroxylation is 3. The van der Waals surface area contributed by atoms with Gasteiger partial charge >= 0.3 is 0 Å². The Balaban J connectivity index is 1.37. The fourth-order valence-electron chi connectivity index (χ4n) is 3.45. The van der Waals surface area contributed by atoms with Gasteiger partial charge in [-0.05, 0) is 56.0 Å². The van der Waals surface area contributed by atoms with E-state index in [1.165, 1.54) is 0 Å². The number of fused-ring (bicyclic) bond motifs is 1. The minimum atomic E-state index is -0.0910. The summed E-state index contributed by atoms with van der Waals surface area (Å²) in [5.41, 5.74) is 4.22. The number of rotatable bonds is 10. The Morgan fingerprint density at radius 2 is 2.00 bits per heavy atom. The number of nitrogens with zero attached hydrogens (tertiary/aromatic N) is 2. The molecular formula is C25H29N3O2. The Morgan fingerprint density at radius 1 is 1.17 bits per heavy atom. The Hall–Kier alpha value is -3.26. The summed E-state index contributed by atoms with van der Waals surface area (Å²) >= 11 is 0. The van der Waals surface area contributed by atoms with Crippen molar-refractivity contribution in [1.82, 2.24) is 14.9 Å². The van der Waals surface area contributed by atoms with Crippen LogP contribution in [0.25, 0.3) is 11.0 Å². The number of carbonyl (C=O) groups is 1. The summed E-state index contributed by atoms with van der Waals surface area (Å²) in [6.07, 6.45) is 9.34. The average molecular weight is 404 g/mol. The molecule has 0 spiro atoms. The average Bonchev–Trinajstić information content (AvgIpc) is 3.09. The molecule has 0 radical (unpaired) electrons. The topological polar surface area (TPSA) is 56.2 Å². The standard InChI is InChI=1S/C25H29N3O2/c1-4-16-28-22-11-8-7-10-21(22)27-24(28)12-6-5-9-15-26-25(29)18-30-23-17-19(2)13-14-20(23)3/h1,7-8,10-11,13-14,17H,5-6,9,12,15-16,18H2,2-3H3,(H,26,29). The monoisotopic (exact) mass is 403 g/mol. The van der Waals surface area contributed by atoms with Gasteiger partial charge in [-0.1, -0.05) is 36.6 Å². The highest BCUT2D eigenvalue weighted by atomic mass is 16.5. The van der Waals surface area contributed by atoms with E-state index in [0.29, 0.717) is 13.1 Å². The molecule has 0 saturated carbocycles. The van der Waals surface area contributed by atoms with Gasteiger partial charge in [-0.25, -0.2) is 4.98 Å². The second-order valence-corrected chi connectivity index (χ2v) is 7.53. The van der Waals surface area contributed by atoms with Crippen LogP contribution in [0.3, 0.4) is 0 Å². The summed E-state index contributed by atoms with van der Waals surface area (Å²) in [5.74, 6) is 4.42. The van der Waals surface area contributed by atoms with Crippen molar-refractivity contribution in [2.75, 3.05) is 13.2 Å². The number of para-hydroxylation sites is 2. The lowest BCUT2D eigenvalue weighted by molar-refractivity contribution is -0.123. The van der Waals surface area contributed by atoms with Crippen LogP contribution in [0.4, 0.5) is 0 Å². The van der Waals surface area contributed by atoms with Crippen molar-refractivity contribution in [2.45, 2.75) is 46.1 Å². The zero-order valence-corrected chi connectivity index (χ0v) is 17.8. The molecule has 2 aromatic carbocycles.